The summed E-state index contributed by atoms with van der Waals surface area (Å²) in [6.07, 6.45) is 3.55. The van der Waals surface area contributed by atoms with Gasteiger partial charge < -0.3 is 0 Å². The summed E-state index contributed by atoms with van der Waals surface area (Å²) in [6.45, 7) is 9.29. The molecule has 1 atom stereocenters. The van der Waals surface area contributed by atoms with E-state index in [1.165, 1.54) is 39.0 Å². The minimum Gasteiger partial charge on any atom is -0.0729 e. The van der Waals surface area contributed by atoms with Crippen LogP contribution in [0, 0.1) is 5.41 Å². The van der Waals surface area contributed by atoms with Crippen molar-refractivity contribution in [2.24, 2.45) is 5.41 Å². The summed E-state index contributed by atoms with van der Waals surface area (Å²) in [5.41, 5.74) is 10.6. The van der Waals surface area contributed by atoms with Gasteiger partial charge in [0.25, 0.3) is 0 Å². The summed E-state index contributed by atoms with van der Waals surface area (Å²) in [4.78, 5) is 0. The monoisotopic (exact) mass is 274 g/mol. The SMILES string of the molecule is CC1C=C(C(C)(C)C)c2cc3c(cc21)-c1ccccc1C3. The van der Waals surface area contributed by atoms with Crippen LogP contribution < -0.4 is 0 Å². The molecule has 0 heterocycles. The van der Waals surface area contributed by atoms with E-state index in [4.69, 9.17) is 0 Å². The molecule has 0 bridgehead atoms. The topological polar surface area (TPSA) is 0 Å². The summed E-state index contributed by atoms with van der Waals surface area (Å²) >= 11 is 0. The maximum absolute atomic E-state index is 2.46. The molecule has 0 saturated carbocycles. The average molecular weight is 274 g/mol. The highest BCUT2D eigenvalue weighted by molar-refractivity contribution is 5.85. The molecule has 0 radical (unpaired) electrons. The largest absolute Gasteiger partial charge is 0.0729 e. The van der Waals surface area contributed by atoms with E-state index in [0.717, 1.165) is 6.42 Å². The Balaban J connectivity index is 1.91. The van der Waals surface area contributed by atoms with Gasteiger partial charge in [-0.25, -0.2) is 0 Å². The van der Waals surface area contributed by atoms with Gasteiger partial charge in [-0.1, -0.05) is 64.1 Å². The van der Waals surface area contributed by atoms with Crippen molar-refractivity contribution in [3.05, 3.63) is 64.7 Å². The quantitative estimate of drug-likeness (QED) is 0.485. The van der Waals surface area contributed by atoms with E-state index in [2.05, 4.69) is 70.2 Å². The Hall–Kier alpha value is -1.82. The molecule has 0 aliphatic heterocycles. The Bertz CT molecular complexity index is 769. The first-order valence-electron chi connectivity index (χ1n) is 7.93. The Labute approximate surface area is 127 Å². The van der Waals surface area contributed by atoms with Crippen LogP contribution in [0.25, 0.3) is 16.7 Å². The minimum absolute atomic E-state index is 0.221. The van der Waals surface area contributed by atoms with Crippen molar-refractivity contribution in [2.75, 3.05) is 0 Å². The van der Waals surface area contributed by atoms with Gasteiger partial charge in [-0.2, -0.15) is 0 Å². The summed E-state index contributed by atoms with van der Waals surface area (Å²) in [5, 5.41) is 0. The van der Waals surface area contributed by atoms with Gasteiger partial charge in [-0.15, -0.1) is 0 Å². The fourth-order valence-corrected chi connectivity index (χ4v) is 3.89. The van der Waals surface area contributed by atoms with Gasteiger partial charge in [0.1, 0.15) is 0 Å². The lowest BCUT2D eigenvalue weighted by molar-refractivity contribution is 0.567. The zero-order chi connectivity index (χ0) is 14.8. The van der Waals surface area contributed by atoms with Crippen LogP contribution in [0.2, 0.25) is 0 Å². The first-order chi connectivity index (χ1) is 9.95. The molecule has 2 aromatic rings. The van der Waals surface area contributed by atoms with Gasteiger partial charge in [0.2, 0.25) is 0 Å². The maximum atomic E-state index is 2.46. The average Bonchev–Trinajstić information content (AvgIpc) is 2.94. The van der Waals surface area contributed by atoms with E-state index in [1.54, 1.807) is 0 Å². The number of allylic oxidation sites excluding steroid dienone is 2. The van der Waals surface area contributed by atoms with Crippen molar-refractivity contribution in [3.8, 4) is 11.1 Å². The highest BCUT2D eigenvalue weighted by Crippen LogP contribution is 2.48. The zero-order valence-electron chi connectivity index (χ0n) is 13.3. The second kappa shape index (κ2) is 4.10. The van der Waals surface area contributed by atoms with Gasteiger partial charge in [-0.3, -0.25) is 0 Å². The van der Waals surface area contributed by atoms with Crippen LogP contribution in [-0.2, 0) is 6.42 Å². The molecule has 0 nitrogen and oxygen atoms in total. The first-order valence-corrected chi connectivity index (χ1v) is 7.93. The Kier molecular flexibility index (Phi) is 2.52. The molecule has 106 valence electrons. The van der Waals surface area contributed by atoms with Gasteiger partial charge >= 0.3 is 0 Å². The lowest BCUT2D eigenvalue weighted by Gasteiger charge is -2.22. The lowest BCUT2D eigenvalue weighted by atomic mass is 9.82. The lowest BCUT2D eigenvalue weighted by Crippen LogP contribution is -2.07. The Morgan fingerprint density at radius 3 is 2.43 bits per heavy atom. The van der Waals surface area contributed by atoms with Crippen LogP contribution >= 0.6 is 0 Å². The van der Waals surface area contributed by atoms with E-state index in [9.17, 15) is 0 Å². The molecule has 0 fully saturated rings. The number of benzene rings is 2. The smallest absolute Gasteiger partial charge is 0.000206 e. The molecule has 0 heteroatoms. The zero-order valence-corrected chi connectivity index (χ0v) is 13.3. The van der Waals surface area contributed by atoms with E-state index < -0.39 is 0 Å². The molecule has 2 aliphatic carbocycles. The van der Waals surface area contributed by atoms with Crippen LogP contribution in [0.15, 0.2) is 42.5 Å². The molecule has 2 aliphatic rings. The fourth-order valence-electron chi connectivity index (χ4n) is 3.89. The van der Waals surface area contributed by atoms with Crippen molar-refractivity contribution < 1.29 is 0 Å². The predicted octanol–water partition coefficient (Wildman–Crippen LogP) is 5.80. The number of hydrogen-bond acceptors (Lipinski definition) is 0. The highest BCUT2D eigenvalue weighted by atomic mass is 14.3. The number of hydrogen-bond donors (Lipinski definition) is 0. The summed E-state index contributed by atoms with van der Waals surface area (Å²) in [6, 6.07) is 13.8. The second-order valence-corrected chi connectivity index (χ2v) is 7.55. The van der Waals surface area contributed by atoms with Crippen molar-refractivity contribution >= 4 is 5.57 Å². The van der Waals surface area contributed by atoms with Gasteiger partial charge in [0.15, 0.2) is 0 Å². The predicted molar refractivity (Wildman–Crippen MR) is 90.5 cm³/mol. The van der Waals surface area contributed by atoms with Crippen molar-refractivity contribution in [3.63, 3.8) is 0 Å². The van der Waals surface area contributed by atoms with E-state index in [1.807, 2.05) is 0 Å². The van der Waals surface area contributed by atoms with Crippen LogP contribution in [0.1, 0.15) is 55.9 Å². The molecule has 2 aromatic carbocycles. The standard InChI is InChI=1S/C21H22/c1-13-9-20(21(2,3)4)19-11-15-10-14-7-5-6-8-16(14)18(15)12-17(13)19/h5-9,11-13H,10H2,1-4H3. The molecule has 0 spiro atoms. The molecule has 0 N–H and O–H groups in total. The summed E-state index contributed by atoms with van der Waals surface area (Å²) in [5.74, 6) is 0.535. The van der Waals surface area contributed by atoms with E-state index >= 15 is 0 Å². The molecule has 1 unspecified atom stereocenters. The summed E-state index contributed by atoms with van der Waals surface area (Å²) < 4.78 is 0. The third-order valence-electron chi connectivity index (χ3n) is 4.97. The molecule has 4 rings (SSSR count). The number of rotatable bonds is 0. The first kappa shape index (κ1) is 12.9. The van der Waals surface area contributed by atoms with Crippen LogP contribution in [0.5, 0.6) is 0 Å². The molecule has 0 aromatic heterocycles. The Morgan fingerprint density at radius 2 is 1.67 bits per heavy atom. The van der Waals surface area contributed by atoms with Gasteiger partial charge in [0, 0.05) is 5.92 Å². The highest BCUT2D eigenvalue weighted by Gasteiger charge is 2.30. The molecule has 0 saturated heterocycles. The van der Waals surface area contributed by atoms with E-state index in [0.29, 0.717) is 5.92 Å². The van der Waals surface area contributed by atoms with E-state index in [-0.39, 0.29) is 5.41 Å². The molecule has 0 amide bonds. The number of fused-ring (bicyclic) bond motifs is 4. The second-order valence-electron chi connectivity index (χ2n) is 7.55. The fraction of sp³-hybridized carbons (Fsp3) is 0.333. The van der Waals surface area contributed by atoms with Crippen molar-refractivity contribution in [1.29, 1.82) is 0 Å². The molecule has 21 heavy (non-hydrogen) atoms. The summed E-state index contributed by atoms with van der Waals surface area (Å²) in [7, 11) is 0. The van der Waals surface area contributed by atoms with Crippen LogP contribution in [0.3, 0.4) is 0 Å². The normalized spacial score (nSPS) is 19.0. The maximum Gasteiger partial charge on any atom is 0.000206 e. The third kappa shape index (κ3) is 1.82. The van der Waals surface area contributed by atoms with Gasteiger partial charge in [-0.05, 0) is 56.9 Å². The van der Waals surface area contributed by atoms with Crippen molar-refractivity contribution in [1.82, 2.24) is 0 Å². The molecular formula is C21H22. The minimum atomic E-state index is 0.221. The Morgan fingerprint density at radius 1 is 0.905 bits per heavy atom. The molecular weight excluding hydrogens is 252 g/mol. The van der Waals surface area contributed by atoms with Crippen molar-refractivity contribution in [2.45, 2.75) is 40.0 Å². The van der Waals surface area contributed by atoms with Gasteiger partial charge in [0.05, 0.1) is 0 Å². The van der Waals surface area contributed by atoms with Crippen LogP contribution in [0.4, 0.5) is 0 Å². The van der Waals surface area contributed by atoms with Crippen LogP contribution in [-0.4, -0.2) is 0 Å². The third-order valence-corrected chi connectivity index (χ3v) is 4.97.